The summed E-state index contributed by atoms with van der Waals surface area (Å²) in [4.78, 5) is 24.1. The van der Waals surface area contributed by atoms with Crippen molar-refractivity contribution in [2.45, 2.75) is 13.0 Å². The number of halogens is 1. The molecule has 0 aromatic carbocycles. The van der Waals surface area contributed by atoms with E-state index in [1.807, 2.05) is 0 Å². The summed E-state index contributed by atoms with van der Waals surface area (Å²) in [5.41, 5.74) is 0. The lowest BCUT2D eigenvalue weighted by Gasteiger charge is -2.29. The van der Waals surface area contributed by atoms with E-state index in [4.69, 9.17) is 0 Å². The fraction of sp³-hybridized carbons (Fsp3) is 0.600. The van der Waals surface area contributed by atoms with Crippen molar-refractivity contribution >= 4 is 27.7 Å². The third-order valence-electron chi connectivity index (χ3n) is 3.03. The monoisotopic (exact) mass is 331 g/mol. The summed E-state index contributed by atoms with van der Waals surface area (Å²) in [5, 5.41) is 17.7. The molecule has 0 saturated carbocycles. The molecule has 1 aromatic rings. The molecule has 0 bridgehead atoms. The van der Waals surface area contributed by atoms with Crippen LogP contribution >= 0.6 is 15.9 Å². The molecule has 1 aromatic heterocycles. The van der Waals surface area contributed by atoms with Gasteiger partial charge in [0.05, 0.1) is 11.3 Å². The minimum Gasteiger partial charge on any atom is -0.358 e. The predicted octanol–water partition coefficient (Wildman–Crippen LogP) is 0.547. The van der Waals surface area contributed by atoms with Gasteiger partial charge in [0.1, 0.15) is 10.5 Å². The van der Waals surface area contributed by atoms with Crippen LogP contribution in [0.15, 0.2) is 10.7 Å². The number of rotatable bonds is 3. The highest BCUT2D eigenvalue weighted by atomic mass is 79.9. The fourth-order valence-corrected chi connectivity index (χ4v) is 2.38. The Balaban J connectivity index is 2.14. The van der Waals surface area contributed by atoms with Crippen LogP contribution < -0.4 is 5.32 Å². The second-order valence-corrected chi connectivity index (χ2v) is 5.14. The number of carbonyl (C=O) groups is 1. The molecule has 1 saturated heterocycles. The van der Waals surface area contributed by atoms with E-state index in [9.17, 15) is 14.9 Å². The molecular formula is C10H14BrN5O3. The molecule has 8 nitrogen and oxygen atoms in total. The van der Waals surface area contributed by atoms with Gasteiger partial charge in [0.15, 0.2) is 0 Å². The van der Waals surface area contributed by atoms with Gasteiger partial charge in [-0.1, -0.05) is 0 Å². The van der Waals surface area contributed by atoms with E-state index < -0.39 is 11.0 Å². The molecule has 1 amide bonds. The van der Waals surface area contributed by atoms with E-state index in [0.29, 0.717) is 13.1 Å². The van der Waals surface area contributed by atoms with Crippen LogP contribution in [-0.2, 0) is 4.79 Å². The zero-order valence-electron chi connectivity index (χ0n) is 10.4. The average molecular weight is 332 g/mol. The number of aromatic nitrogens is 2. The number of nitro groups is 1. The maximum absolute atomic E-state index is 12.2. The number of hydrogen-bond donors (Lipinski definition) is 1. The van der Waals surface area contributed by atoms with E-state index in [2.05, 4.69) is 26.3 Å². The normalized spacial score (nSPS) is 17.3. The third kappa shape index (κ3) is 2.92. The van der Waals surface area contributed by atoms with Crippen molar-refractivity contribution in [3.05, 3.63) is 20.8 Å². The van der Waals surface area contributed by atoms with Gasteiger partial charge in [-0.2, -0.15) is 4.68 Å². The molecule has 1 atom stereocenters. The molecule has 0 radical (unpaired) electrons. The third-order valence-corrected chi connectivity index (χ3v) is 3.58. The molecule has 1 unspecified atom stereocenters. The summed E-state index contributed by atoms with van der Waals surface area (Å²) in [6.07, 6.45) is 1.46. The lowest BCUT2D eigenvalue weighted by Crippen LogP contribution is -2.48. The number of nitrogens with one attached hydrogen (secondary N) is 1. The molecule has 1 aliphatic rings. The van der Waals surface area contributed by atoms with E-state index in [0.717, 1.165) is 13.1 Å². The first kappa shape index (κ1) is 13.9. The first-order chi connectivity index (χ1) is 9.00. The van der Waals surface area contributed by atoms with Crippen LogP contribution in [0.4, 0.5) is 5.82 Å². The lowest BCUT2D eigenvalue weighted by molar-refractivity contribution is -0.390. The fourth-order valence-electron chi connectivity index (χ4n) is 1.94. The van der Waals surface area contributed by atoms with Crippen molar-refractivity contribution in [3.63, 3.8) is 0 Å². The maximum atomic E-state index is 12.2. The van der Waals surface area contributed by atoms with Gasteiger partial charge >= 0.3 is 5.82 Å². The van der Waals surface area contributed by atoms with Crippen LogP contribution in [0, 0.1) is 10.1 Å². The number of piperazine rings is 1. The van der Waals surface area contributed by atoms with Crippen molar-refractivity contribution in [1.29, 1.82) is 0 Å². The number of nitrogens with zero attached hydrogens (tertiary/aromatic N) is 4. The van der Waals surface area contributed by atoms with Crippen molar-refractivity contribution in [3.8, 4) is 0 Å². The predicted molar refractivity (Wildman–Crippen MR) is 70.7 cm³/mol. The SMILES string of the molecule is CC(C(=O)N1CCNCC1)n1cc(Br)c([N+](=O)[O-])n1. The standard InChI is InChI=1S/C10H14BrN5O3/c1-7(10(17)14-4-2-12-3-5-14)15-6-8(11)9(13-15)16(18)19/h6-7,12H,2-5H2,1H3. The van der Waals surface area contributed by atoms with Crippen molar-refractivity contribution in [2.24, 2.45) is 0 Å². The van der Waals surface area contributed by atoms with Gasteiger partial charge in [0.2, 0.25) is 5.91 Å². The quantitative estimate of drug-likeness (QED) is 0.644. The zero-order valence-corrected chi connectivity index (χ0v) is 12.0. The summed E-state index contributed by atoms with van der Waals surface area (Å²) in [7, 11) is 0. The molecule has 19 heavy (non-hydrogen) atoms. The highest BCUT2D eigenvalue weighted by Crippen LogP contribution is 2.24. The Morgan fingerprint density at radius 3 is 2.74 bits per heavy atom. The first-order valence-electron chi connectivity index (χ1n) is 5.89. The van der Waals surface area contributed by atoms with Gasteiger partial charge in [-0.25, -0.2) is 0 Å². The number of carbonyl (C=O) groups excluding carboxylic acids is 1. The Kier molecular flexibility index (Phi) is 4.15. The minimum atomic E-state index is -0.581. The molecule has 1 aliphatic heterocycles. The molecular weight excluding hydrogens is 318 g/mol. The van der Waals surface area contributed by atoms with Crippen molar-refractivity contribution < 1.29 is 9.72 Å². The lowest BCUT2D eigenvalue weighted by atomic mass is 10.2. The smallest absolute Gasteiger partial charge is 0.358 e. The average Bonchev–Trinajstić information content (AvgIpc) is 2.80. The summed E-state index contributed by atoms with van der Waals surface area (Å²) in [6, 6.07) is -0.553. The van der Waals surface area contributed by atoms with Gasteiger partial charge < -0.3 is 20.3 Å². The van der Waals surface area contributed by atoms with Crippen LogP contribution in [-0.4, -0.2) is 51.7 Å². The van der Waals surface area contributed by atoms with E-state index in [1.165, 1.54) is 10.9 Å². The number of hydrogen-bond acceptors (Lipinski definition) is 5. The Hall–Kier alpha value is -1.48. The van der Waals surface area contributed by atoms with Crippen molar-refractivity contribution in [2.75, 3.05) is 26.2 Å². The van der Waals surface area contributed by atoms with Gasteiger partial charge in [-0.15, -0.1) is 0 Å². The van der Waals surface area contributed by atoms with Crippen LogP contribution in [0.3, 0.4) is 0 Å². The Labute approximate surface area is 118 Å². The van der Waals surface area contributed by atoms with E-state index in [-0.39, 0.29) is 16.2 Å². The van der Waals surface area contributed by atoms with Gasteiger partial charge in [0.25, 0.3) is 0 Å². The van der Waals surface area contributed by atoms with Crippen LogP contribution in [0.5, 0.6) is 0 Å². The second-order valence-electron chi connectivity index (χ2n) is 4.29. The summed E-state index contributed by atoms with van der Waals surface area (Å²) >= 11 is 3.07. The molecule has 2 rings (SSSR count). The Bertz CT molecular complexity index is 497. The second kappa shape index (κ2) is 5.66. The number of amides is 1. The zero-order chi connectivity index (χ0) is 14.0. The molecule has 0 spiro atoms. The molecule has 2 heterocycles. The highest BCUT2D eigenvalue weighted by Gasteiger charge is 2.28. The molecule has 9 heteroatoms. The molecule has 1 fully saturated rings. The van der Waals surface area contributed by atoms with Gasteiger partial charge in [-0.05, 0) is 27.8 Å². The van der Waals surface area contributed by atoms with Crippen LogP contribution in [0.1, 0.15) is 13.0 Å². The van der Waals surface area contributed by atoms with E-state index >= 15 is 0 Å². The maximum Gasteiger partial charge on any atom is 0.404 e. The summed E-state index contributed by atoms with van der Waals surface area (Å²) in [6.45, 7) is 4.51. The van der Waals surface area contributed by atoms with Crippen LogP contribution in [0.25, 0.3) is 0 Å². The minimum absolute atomic E-state index is 0.0774. The summed E-state index contributed by atoms with van der Waals surface area (Å²) in [5.74, 6) is -0.355. The van der Waals surface area contributed by atoms with Crippen molar-refractivity contribution in [1.82, 2.24) is 20.0 Å². The van der Waals surface area contributed by atoms with Gasteiger partial charge in [0, 0.05) is 26.2 Å². The van der Waals surface area contributed by atoms with Crippen LogP contribution in [0.2, 0.25) is 0 Å². The summed E-state index contributed by atoms with van der Waals surface area (Å²) < 4.78 is 1.60. The first-order valence-corrected chi connectivity index (χ1v) is 6.68. The van der Waals surface area contributed by atoms with E-state index in [1.54, 1.807) is 11.8 Å². The molecule has 1 N–H and O–H groups in total. The Morgan fingerprint density at radius 1 is 1.58 bits per heavy atom. The highest BCUT2D eigenvalue weighted by molar-refractivity contribution is 9.10. The van der Waals surface area contributed by atoms with Gasteiger partial charge in [-0.3, -0.25) is 4.79 Å². The Morgan fingerprint density at radius 2 is 2.21 bits per heavy atom. The molecule has 104 valence electrons. The topological polar surface area (TPSA) is 93.3 Å². The largest absolute Gasteiger partial charge is 0.404 e. The molecule has 0 aliphatic carbocycles.